The molecule has 0 aliphatic rings. The van der Waals surface area contributed by atoms with Gasteiger partial charge in [-0.2, -0.15) is 0 Å². The summed E-state index contributed by atoms with van der Waals surface area (Å²) in [6.45, 7) is 4.94. The zero-order valence-corrected chi connectivity index (χ0v) is 11.7. The predicted molar refractivity (Wildman–Crippen MR) is 75.2 cm³/mol. The molecule has 0 amide bonds. The smallest absolute Gasteiger partial charge is 0.122 e. The van der Waals surface area contributed by atoms with Crippen molar-refractivity contribution in [1.29, 1.82) is 0 Å². The van der Waals surface area contributed by atoms with E-state index in [2.05, 4.69) is 24.4 Å². The Morgan fingerprint density at radius 3 is 2.67 bits per heavy atom. The summed E-state index contributed by atoms with van der Waals surface area (Å²) in [6, 6.07) is 8.26. The van der Waals surface area contributed by atoms with Crippen molar-refractivity contribution in [3.05, 3.63) is 29.8 Å². The van der Waals surface area contributed by atoms with Crippen molar-refractivity contribution in [3.63, 3.8) is 0 Å². The van der Waals surface area contributed by atoms with E-state index in [1.165, 1.54) is 5.56 Å². The lowest BCUT2D eigenvalue weighted by Crippen LogP contribution is -2.27. The maximum atomic E-state index is 5.39. The molecule has 0 aliphatic carbocycles. The molecular weight excluding hydrogens is 226 g/mol. The summed E-state index contributed by atoms with van der Waals surface area (Å²) >= 11 is 0. The Morgan fingerprint density at radius 1 is 1.22 bits per heavy atom. The predicted octanol–water partition coefficient (Wildman–Crippen LogP) is 2.50. The summed E-state index contributed by atoms with van der Waals surface area (Å²) < 4.78 is 10.4. The van der Waals surface area contributed by atoms with E-state index in [4.69, 9.17) is 9.47 Å². The number of ether oxygens (including phenoxy) is 2. The van der Waals surface area contributed by atoms with E-state index in [-0.39, 0.29) is 0 Å². The van der Waals surface area contributed by atoms with Gasteiger partial charge in [0.1, 0.15) is 5.75 Å². The van der Waals surface area contributed by atoms with E-state index >= 15 is 0 Å². The van der Waals surface area contributed by atoms with Crippen molar-refractivity contribution in [2.75, 3.05) is 33.9 Å². The Hall–Kier alpha value is -1.06. The number of para-hydroxylation sites is 1. The zero-order chi connectivity index (χ0) is 13.2. The summed E-state index contributed by atoms with van der Waals surface area (Å²) in [4.78, 5) is 0. The standard InChI is InChI=1S/C15H25NO2/c1-4-13(12-16-9-10-17-2)11-14-7-5-6-8-15(14)18-3/h5-8,13,16H,4,9-12H2,1-3H3. The highest BCUT2D eigenvalue weighted by atomic mass is 16.5. The third-order valence-electron chi connectivity index (χ3n) is 3.19. The molecule has 18 heavy (non-hydrogen) atoms. The van der Waals surface area contributed by atoms with Crippen LogP contribution in [0.3, 0.4) is 0 Å². The van der Waals surface area contributed by atoms with E-state index < -0.39 is 0 Å². The van der Waals surface area contributed by atoms with E-state index in [0.29, 0.717) is 5.92 Å². The lowest BCUT2D eigenvalue weighted by molar-refractivity contribution is 0.197. The molecule has 0 radical (unpaired) electrons. The fourth-order valence-corrected chi connectivity index (χ4v) is 2.02. The van der Waals surface area contributed by atoms with Gasteiger partial charge in [0.15, 0.2) is 0 Å². The van der Waals surface area contributed by atoms with Gasteiger partial charge in [-0.05, 0) is 30.5 Å². The molecule has 1 atom stereocenters. The molecular formula is C15H25NO2. The van der Waals surface area contributed by atoms with Gasteiger partial charge in [-0.25, -0.2) is 0 Å². The minimum Gasteiger partial charge on any atom is -0.496 e. The van der Waals surface area contributed by atoms with Crippen LogP contribution in [0.25, 0.3) is 0 Å². The van der Waals surface area contributed by atoms with Gasteiger partial charge in [0.25, 0.3) is 0 Å². The van der Waals surface area contributed by atoms with Gasteiger partial charge < -0.3 is 14.8 Å². The topological polar surface area (TPSA) is 30.5 Å². The number of hydrogen-bond acceptors (Lipinski definition) is 3. The highest BCUT2D eigenvalue weighted by molar-refractivity contribution is 5.33. The molecule has 1 rings (SSSR count). The average Bonchev–Trinajstić information content (AvgIpc) is 2.42. The fraction of sp³-hybridized carbons (Fsp3) is 0.600. The summed E-state index contributed by atoms with van der Waals surface area (Å²) in [7, 11) is 3.46. The minimum absolute atomic E-state index is 0.637. The second-order valence-corrected chi connectivity index (χ2v) is 4.49. The Kier molecular flexibility index (Phi) is 7.46. The van der Waals surface area contributed by atoms with Crippen LogP contribution in [-0.2, 0) is 11.2 Å². The van der Waals surface area contributed by atoms with E-state index in [1.807, 2.05) is 12.1 Å². The van der Waals surface area contributed by atoms with Gasteiger partial charge in [0.2, 0.25) is 0 Å². The monoisotopic (exact) mass is 251 g/mol. The first-order chi connectivity index (χ1) is 8.81. The van der Waals surface area contributed by atoms with Gasteiger partial charge in [0.05, 0.1) is 13.7 Å². The highest BCUT2D eigenvalue weighted by Crippen LogP contribution is 2.21. The van der Waals surface area contributed by atoms with Crippen LogP contribution < -0.4 is 10.1 Å². The molecule has 1 aromatic rings. The van der Waals surface area contributed by atoms with Crippen LogP contribution in [0.1, 0.15) is 18.9 Å². The van der Waals surface area contributed by atoms with Crippen molar-refractivity contribution in [1.82, 2.24) is 5.32 Å². The van der Waals surface area contributed by atoms with Gasteiger partial charge >= 0.3 is 0 Å². The molecule has 3 nitrogen and oxygen atoms in total. The van der Waals surface area contributed by atoms with Crippen molar-refractivity contribution in [2.24, 2.45) is 5.92 Å². The van der Waals surface area contributed by atoms with Crippen LogP contribution in [0.2, 0.25) is 0 Å². The first-order valence-electron chi connectivity index (χ1n) is 6.63. The third-order valence-corrected chi connectivity index (χ3v) is 3.19. The molecule has 1 N–H and O–H groups in total. The van der Waals surface area contributed by atoms with Crippen LogP contribution in [-0.4, -0.2) is 33.9 Å². The average molecular weight is 251 g/mol. The molecule has 0 saturated carbocycles. The number of hydrogen-bond donors (Lipinski definition) is 1. The quantitative estimate of drug-likeness (QED) is 0.684. The molecule has 1 aromatic carbocycles. The van der Waals surface area contributed by atoms with E-state index in [1.54, 1.807) is 14.2 Å². The molecule has 1 unspecified atom stereocenters. The maximum absolute atomic E-state index is 5.39. The Bertz CT molecular complexity index is 328. The molecule has 3 heteroatoms. The Balaban J connectivity index is 2.46. The lowest BCUT2D eigenvalue weighted by atomic mass is 9.96. The first-order valence-corrected chi connectivity index (χ1v) is 6.63. The van der Waals surface area contributed by atoms with Gasteiger partial charge in [-0.3, -0.25) is 0 Å². The van der Waals surface area contributed by atoms with Gasteiger partial charge in [-0.1, -0.05) is 31.5 Å². The largest absolute Gasteiger partial charge is 0.496 e. The third kappa shape index (κ3) is 5.07. The number of benzene rings is 1. The Labute approximate surface area is 110 Å². The molecule has 0 saturated heterocycles. The van der Waals surface area contributed by atoms with Gasteiger partial charge in [0, 0.05) is 13.7 Å². The molecule has 102 valence electrons. The number of nitrogens with one attached hydrogen (secondary N) is 1. The fourth-order valence-electron chi connectivity index (χ4n) is 2.02. The second kappa shape index (κ2) is 8.95. The van der Waals surface area contributed by atoms with Gasteiger partial charge in [-0.15, -0.1) is 0 Å². The first kappa shape index (κ1) is 15.0. The molecule has 0 aliphatic heterocycles. The van der Waals surface area contributed by atoms with Crippen LogP contribution in [0.4, 0.5) is 0 Å². The lowest BCUT2D eigenvalue weighted by Gasteiger charge is -2.17. The van der Waals surface area contributed by atoms with E-state index in [0.717, 1.165) is 38.3 Å². The molecule has 0 aromatic heterocycles. The van der Waals surface area contributed by atoms with Crippen LogP contribution in [0.5, 0.6) is 5.75 Å². The normalized spacial score (nSPS) is 12.4. The number of methoxy groups -OCH3 is 2. The number of rotatable bonds is 9. The molecule has 0 bridgehead atoms. The van der Waals surface area contributed by atoms with E-state index in [9.17, 15) is 0 Å². The summed E-state index contributed by atoms with van der Waals surface area (Å²) in [5.74, 6) is 1.63. The molecule has 0 spiro atoms. The maximum Gasteiger partial charge on any atom is 0.122 e. The Morgan fingerprint density at radius 2 is 2.00 bits per heavy atom. The molecule has 0 fully saturated rings. The van der Waals surface area contributed by atoms with Crippen molar-refractivity contribution >= 4 is 0 Å². The SMILES string of the molecule is CCC(CNCCOC)Cc1ccccc1OC. The highest BCUT2D eigenvalue weighted by Gasteiger charge is 2.10. The van der Waals surface area contributed by atoms with Crippen LogP contribution in [0, 0.1) is 5.92 Å². The van der Waals surface area contributed by atoms with Crippen molar-refractivity contribution in [3.8, 4) is 5.75 Å². The minimum atomic E-state index is 0.637. The van der Waals surface area contributed by atoms with Crippen molar-refractivity contribution < 1.29 is 9.47 Å². The molecule has 0 heterocycles. The summed E-state index contributed by atoms with van der Waals surface area (Å²) in [5.41, 5.74) is 1.29. The van der Waals surface area contributed by atoms with Crippen LogP contribution >= 0.6 is 0 Å². The zero-order valence-electron chi connectivity index (χ0n) is 11.7. The van der Waals surface area contributed by atoms with Crippen LogP contribution in [0.15, 0.2) is 24.3 Å². The summed E-state index contributed by atoms with van der Waals surface area (Å²) in [5, 5.41) is 3.43. The summed E-state index contributed by atoms with van der Waals surface area (Å²) in [6.07, 6.45) is 2.22. The van der Waals surface area contributed by atoms with Crippen molar-refractivity contribution in [2.45, 2.75) is 19.8 Å². The second-order valence-electron chi connectivity index (χ2n) is 4.49.